The van der Waals surface area contributed by atoms with Crippen molar-refractivity contribution in [2.45, 2.75) is 58.6 Å². The van der Waals surface area contributed by atoms with E-state index in [0.29, 0.717) is 0 Å². The third kappa shape index (κ3) is 6.61. The number of likely N-dealkylation sites (N-methyl/N-ethyl adjacent to an activating group) is 1. The number of benzene rings is 1. The Kier molecular flexibility index (Phi) is 8.40. The van der Waals surface area contributed by atoms with Crippen LogP contribution in [0, 0.1) is 0 Å². The molecular weight excluding hydrogens is 374 g/mol. The zero-order valence-corrected chi connectivity index (χ0v) is 19.4. The molecular formula is C24H41N5O. The first-order chi connectivity index (χ1) is 14.5. The number of unbranched alkanes of at least 4 members (excludes halogenated alkanes) is 1. The van der Waals surface area contributed by atoms with Gasteiger partial charge in [-0.2, -0.15) is 0 Å². The number of guanidine groups is 1. The number of piperazine rings is 1. The highest BCUT2D eigenvalue weighted by Gasteiger charge is 2.33. The van der Waals surface area contributed by atoms with Crippen molar-refractivity contribution in [2.75, 3.05) is 52.4 Å². The van der Waals surface area contributed by atoms with Crippen molar-refractivity contribution < 1.29 is 4.74 Å². The van der Waals surface area contributed by atoms with Crippen LogP contribution in [-0.2, 0) is 0 Å². The molecule has 6 heteroatoms. The minimum Gasteiger partial charge on any atom is -0.487 e. The Labute approximate surface area is 183 Å². The van der Waals surface area contributed by atoms with Gasteiger partial charge in [0.1, 0.15) is 11.4 Å². The van der Waals surface area contributed by atoms with Gasteiger partial charge in [-0.05, 0) is 52.8 Å². The van der Waals surface area contributed by atoms with Gasteiger partial charge >= 0.3 is 0 Å². The number of hydrogen-bond acceptors (Lipinski definition) is 4. The normalized spacial score (nSPS) is 22.3. The van der Waals surface area contributed by atoms with Crippen LogP contribution in [0.5, 0.6) is 5.75 Å². The van der Waals surface area contributed by atoms with Gasteiger partial charge in [0.2, 0.25) is 0 Å². The van der Waals surface area contributed by atoms with Crippen LogP contribution in [0.2, 0.25) is 0 Å². The van der Waals surface area contributed by atoms with E-state index < -0.39 is 0 Å². The van der Waals surface area contributed by atoms with Crippen LogP contribution in [0.25, 0.3) is 0 Å². The molecule has 0 amide bonds. The molecule has 2 heterocycles. The number of nitrogens with zero attached hydrogens (tertiary/aromatic N) is 3. The molecule has 1 atom stereocenters. The molecule has 0 aromatic heterocycles. The lowest BCUT2D eigenvalue weighted by atomic mass is 9.90. The standard InChI is InChI=1S/C24H41N5O/c1-5-25-23(26-13-9-10-14-29-17-15-28(6-2)16-18-29)27-21-19-24(3,4)30-22-12-8-7-11-20(21)22/h7-8,11-12,21H,5-6,9-10,13-19H2,1-4H3,(H2,25,26,27). The van der Waals surface area contributed by atoms with Crippen LogP contribution in [0.4, 0.5) is 0 Å². The summed E-state index contributed by atoms with van der Waals surface area (Å²) < 4.78 is 6.17. The van der Waals surface area contributed by atoms with Gasteiger partial charge in [-0.25, -0.2) is 0 Å². The zero-order valence-electron chi connectivity index (χ0n) is 19.4. The molecule has 168 valence electrons. The molecule has 2 aliphatic heterocycles. The summed E-state index contributed by atoms with van der Waals surface area (Å²) >= 11 is 0. The fourth-order valence-electron chi connectivity index (χ4n) is 4.38. The first-order valence-electron chi connectivity index (χ1n) is 11.8. The van der Waals surface area contributed by atoms with E-state index in [0.717, 1.165) is 37.6 Å². The number of ether oxygens (including phenoxy) is 1. The molecule has 1 aromatic rings. The Balaban J connectivity index is 1.49. The number of rotatable bonds is 8. The predicted octanol–water partition coefficient (Wildman–Crippen LogP) is 3.26. The molecule has 1 fully saturated rings. The maximum atomic E-state index is 6.17. The Hall–Kier alpha value is -1.79. The van der Waals surface area contributed by atoms with Crippen molar-refractivity contribution in [1.29, 1.82) is 0 Å². The average molecular weight is 416 g/mol. The van der Waals surface area contributed by atoms with E-state index in [4.69, 9.17) is 9.73 Å². The first kappa shape index (κ1) is 22.9. The lowest BCUT2D eigenvalue weighted by molar-refractivity contribution is 0.0694. The van der Waals surface area contributed by atoms with E-state index in [1.807, 2.05) is 6.07 Å². The quantitative estimate of drug-likeness (QED) is 0.388. The number of aliphatic imine (C=N–C) groups is 1. The number of nitrogens with one attached hydrogen (secondary N) is 2. The van der Waals surface area contributed by atoms with E-state index in [1.54, 1.807) is 0 Å². The fraction of sp³-hybridized carbons (Fsp3) is 0.708. The summed E-state index contributed by atoms with van der Waals surface area (Å²) in [6.07, 6.45) is 3.25. The molecule has 6 nitrogen and oxygen atoms in total. The van der Waals surface area contributed by atoms with Gasteiger partial charge in [0.05, 0.1) is 6.04 Å². The SMILES string of the molecule is CCNC(=NCCCCN1CCN(CC)CC1)NC1CC(C)(C)Oc2ccccc21. The highest BCUT2D eigenvalue weighted by atomic mass is 16.5. The number of fused-ring (bicyclic) bond motifs is 1. The van der Waals surface area contributed by atoms with Crippen LogP contribution in [-0.4, -0.2) is 73.7 Å². The summed E-state index contributed by atoms with van der Waals surface area (Å²) in [6.45, 7) is 17.6. The Morgan fingerprint density at radius 2 is 1.83 bits per heavy atom. The third-order valence-electron chi connectivity index (χ3n) is 6.10. The summed E-state index contributed by atoms with van der Waals surface area (Å²) in [4.78, 5) is 9.99. The monoisotopic (exact) mass is 415 g/mol. The van der Waals surface area contributed by atoms with Crippen LogP contribution >= 0.6 is 0 Å². The second-order valence-electron chi connectivity index (χ2n) is 9.04. The summed E-state index contributed by atoms with van der Waals surface area (Å²) in [6, 6.07) is 8.55. The zero-order chi connectivity index (χ0) is 21.4. The second-order valence-corrected chi connectivity index (χ2v) is 9.04. The number of para-hydroxylation sites is 1. The van der Waals surface area contributed by atoms with Crippen molar-refractivity contribution in [1.82, 2.24) is 20.4 Å². The summed E-state index contributed by atoms with van der Waals surface area (Å²) in [5.41, 5.74) is 1.03. The van der Waals surface area contributed by atoms with Gasteiger partial charge in [0.25, 0.3) is 0 Å². The maximum absolute atomic E-state index is 6.17. The van der Waals surface area contributed by atoms with E-state index in [1.165, 1.54) is 51.3 Å². The summed E-state index contributed by atoms with van der Waals surface area (Å²) in [7, 11) is 0. The minimum atomic E-state index is -0.189. The molecule has 2 N–H and O–H groups in total. The Morgan fingerprint density at radius 3 is 2.57 bits per heavy atom. The molecule has 1 aromatic carbocycles. The molecule has 0 radical (unpaired) electrons. The van der Waals surface area contributed by atoms with Crippen molar-refractivity contribution in [3.63, 3.8) is 0 Å². The summed E-state index contributed by atoms with van der Waals surface area (Å²) in [5, 5.41) is 7.09. The molecule has 2 aliphatic rings. The molecule has 1 saturated heterocycles. The lowest BCUT2D eigenvalue weighted by Gasteiger charge is -2.38. The largest absolute Gasteiger partial charge is 0.487 e. The van der Waals surface area contributed by atoms with Gasteiger partial charge in [0.15, 0.2) is 5.96 Å². The fourth-order valence-corrected chi connectivity index (χ4v) is 4.38. The average Bonchev–Trinajstić information content (AvgIpc) is 2.73. The van der Waals surface area contributed by atoms with Gasteiger partial charge in [-0.15, -0.1) is 0 Å². The van der Waals surface area contributed by atoms with Gasteiger partial charge in [-0.1, -0.05) is 25.1 Å². The smallest absolute Gasteiger partial charge is 0.191 e. The Bertz CT molecular complexity index is 682. The van der Waals surface area contributed by atoms with E-state index in [-0.39, 0.29) is 11.6 Å². The molecule has 0 aliphatic carbocycles. The highest BCUT2D eigenvalue weighted by Crippen LogP contribution is 2.39. The number of hydrogen-bond donors (Lipinski definition) is 2. The van der Waals surface area contributed by atoms with Crippen LogP contribution < -0.4 is 15.4 Å². The van der Waals surface area contributed by atoms with Crippen molar-refractivity contribution in [3.8, 4) is 5.75 Å². The summed E-state index contributed by atoms with van der Waals surface area (Å²) in [5.74, 6) is 1.89. The first-order valence-corrected chi connectivity index (χ1v) is 11.8. The van der Waals surface area contributed by atoms with Crippen molar-refractivity contribution >= 4 is 5.96 Å². The highest BCUT2D eigenvalue weighted by molar-refractivity contribution is 5.80. The molecule has 1 unspecified atom stereocenters. The third-order valence-corrected chi connectivity index (χ3v) is 6.10. The molecule has 0 saturated carbocycles. The molecule has 0 bridgehead atoms. The molecule has 3 rings (SSSR count). The van der Waals surface area contributed by atoms with E-state index in [9.17, 15) is 0 Å². The minimum absolute atomic E-state index is 0.189. The Morgan fingerprint density at radius 1 is 1.10 bits per heavy atom. The van der Waals surface area contributed by atoms with Crippen molar-refractivity contribution in [3.05, 3.63) is 29.8 Å². The topological polar surface area (TPSA) is 52.1 Å². The lowest BCUT2D eigenvalue weighted by Crippen LogP contribution is -2.46. The second kappa shape index (κ2) is 11.0. The van der Waals surface area contributed by atoms with E-state index in [2.05, 4.69) is 66.3 Å². The maximum Gasteiger partial charge on any atom is 0.191 e. The van der Waals surface area contributed by atoms with Crippen molar-refractivity contribution in [2.24, 2.45) is 4.99 Å². The van der Waals surface area contributed by atoms with E-state index >= 15 is 0 Å². The van der Waals surface area contributed by atoms with Crippen LogP contribution in [0.1, 0.15) is 58.6 Å². The van der Waals surface area contributed by atoms with Crippen LogP contribution in [0.3, 0.4) is 0 Å². The predicted molar refractivity (Wildman–Crippen MR) is 125 cm³/mol. The molecule has 30 heavy (non-hydrogen) atoms. The molecule has 0 spiro atoms. The van der Waals surface area contributed by atoms with Gasteiger partial charge < -0.3 is 25.2 Å². The van der Waals surface area contributed by atoms with Gasteiger partial charge in [-0.3, -0.25) is 4.99 Å². The van der Waals surface area contributed by atoms with Gasteiger partial charge in [0, 0.05) is 51.3 Å². The van der Waals surface area contributed by atoms with Crippen LogP contribution in [0.15, 0.2) is 29.3 Å².